The molecule has 6 rings (SSSR count). The molecule has 3 aromatic carbocycles. The fourth-order valence-electron chi connectivity index (χ4n) is 6.73. The molecule has 0 radical (unpaired) electrons. The number of nitrogens with zero attached hydrogens (tertiary/aromatic N) is 4. The molecular weight excluding hydrogens is 659 g/mol. The van der Waals surface area contributed by atoms with E-state index in [-0.39, 0.29) is 43.9 Å². The minimum absolute atomic E-state index is 0.0463. The third-order valence-electron chi connectivity index (χ3n) is 9.36. The topological polar surface area (TPSA) is 138 Å². The first-order valence-corrected chi connectivity index (χ1v) is 16.5. The number of likely N-dealkylation sites (tertiary alicyclic amines) is 1. The van der Waals surface area contributed by atoms with Crippen LogP contribution < -0.4 is 10.2 Å². The summed E-state index contributed by atoms with van der Waals surface area (Å²) >= 11 is 0. The molecule has 15 heteroatoms. The van der Waals surface area contributed by atoms with Gasteiger partial charge in [0.15, 0.2) is 6.29 Å². The van der Waals surface area contributed by atoms with Crippen molar-refractivity contribution in [2.24, 2.45) is 0 Å². The van der Waals surface area contributed by atoms with E-state index in [1.165, 1.54) is 12.1 Å². The summed E-state index contributed by atoms with van der Waals surface area (Å²) in [6.07, 6.45) is -5.53. The molecule has 2 N–H and O–H groups in total. The molecule has 50 heavy (non-hydrogen) atoms. The molecule has 12 nitrogen and oxygen atoms in total. The Bertz CT molecular complexity index is 1670. The van der Waals surface area contributed by atoms with Crippen molar-refractivity contribution >= 4 is 28.9 Å². The van der Waals surface area contributed by atoms with Crippen LogP contribution in [-0.2, 0) is 25.7 Å². The number of anilines is 2. The molecule has 3 heterocycles. The Hall–Kier alpha value is -4.57. The minimum atomic E-state index is -5.06. The Morgan fingerprint density at radius 2 is 1.66 bits per heavy atom. The zero-order valence-corrected chi connectivity index (χ0v) is 27.1. The highest BCUT2D eigenvalue weighted by Crippen LogP contribution is 2.39. The van der Waals surface area contributed by atoms with E-state index in [4.69, 9.17) is 9.47 Å². The summed E-state index contributed by atoms with van der Waals surface area (Å²) in [5.41, 5.74) is 3.57. The summed E-state index contributed by atoms with van der Waals surface area (Å²) in [6, 6.07) is 19.5. The van der Waals surface area contributed by atoms with Crippen molar-refractivity contribution in [3.05, 3.63) is 99.6 Å². The molecule has 4 atom stereocenters. The SMILES string of the molecule is O=C(Nc1cccc([C@H]2O[C@@H](CN3CCN(c4ccc([N+](=O)[O-])cc4)CC3)C[C@@H](c3ccc(CO)cc3)O2)c1)[C@@H]1CCCN1C(=O)C(F)(F)F. The normalized spacial score (nSPS) is 23.1. The van der Waals surface area contributed by atoms with E-state index < -0.39 is 35.2 Å². The van der Waals surface area contributed by atoms with Gasteiger partial charge in [0.05, 0.1) is 23.7 Å². The number of nitro groups is 1. The summed E-state index contributed by atoms with van der Waals surface area (Å²) in [7, 11) is 0. The molecule has 2 amide bonds. The Morgan fingerprint density at radius 1 is 0.940 bits per heavy atom. The van der Waals surface area contributed by atoms with Crippen molar-refractivity contribution in [2.75, 3.05) is 49.5 Å². The van der Waals surface area contributed by atoms with Crippen molar-refractivity contribution < 1.29 is 42.3 Å². The van der Waals surface area contributed by atoms with Gasteiger partial charge >= 0.3 is 12.1 Å². The number of rotatable bonds is 9. The van der Waals surface area contributed by atoms with Gasteiger partial charge in [-0.15, -0.1) is 0 Å². The van der Waals surface area contributed by atoms with E-state index in [9.17, 15) is 38.0 Å². The minimum Gasteiger partial charge on any atom is -0.392 e. The number of benzene rings is 3. The van der Waals surface area contributed by atoms with Gasteiger partial charge in [-0.05, 0) is 48.2 Å². The molecule has 3 fully saturated rings. The Morgan fingerprint density at radius 3 is 2.32 bits per heavy atom. The Kier molecular flexibility index (Phi) is 10.7. The molecule has 3 aliphatic rings. The van der Waals surface area contributed by atoms with Gasteiger partial charge in [0, 0.05) is 74.8 Å². The second-order valence-corrected chi connectivity index (χ2v) is 12.7. The fourth-order valence-corrected chi connectivity index (χ4v) is 6.73. The number of halogens is 3. The first-order chi connectivity index (χ1) is 24.0. The van der Waals surface area contributed by atoms with Gasteiger partial charge in [-0.3, -0.25) is 24.6 Å². The number of hydrogen-bond acceptors (Lipinski definition) is 9. The maximum Gasteiger partial charge on any atom is 0.471 e. The molecular formula is C35H38F3N5O7. The highest BCUT2D eigenvalue weighted by atomic mass is 19.4. The molecule has 3 saturated heterocycles. The average Bonchev–Trinajstić information content (AvgIpc) is 3.61. The Labute approximate surface area is 286 Å². The lowest BCUT2D eigenvalue weighted by molar-refractivity contribution is -0.384. The number of non-ortho nitro benzene ring substituents is 1. The van der Waals surface area contributed by atoms with Gasteiger partial charge in [0.2, 0.25) is 5.91 Å². The standard InChI is InChI=1S/C35H38F3N5O7/c36-35(37,38)34(46)42-14-2-5-30(42)32(45)39-26-4-1-3-25(19-26)33-49-29(20-31(50-33)24-8-6-23(22-44)7-9-24)21-40-15-17-41(18-16-40)27-10-12-28(13-11-27)43(47)48/h1,3-4,6-13,19,29-31,33,44H,2,5,14-18,20-22H2,(H,39,45)/t29-,30+,31+,33+/m1/s1. The lowest BCUT2D eigenvalue weighted by Crippen LogP contribution is -2.49. The molecule has 0 spiro atoms. The van der Waals surface area contributed by atoms with Gasteiger partial charge in [0.25, 0.3) is 5.69 Å². The van der Waals surface area contributed by atoms with Crippen LogP contribution in [0.4, 0.5) is 30.2 Å². The van der Waals surface area contributed by atoms with E-state index in [1.807, 2.05) is 24.3 Å². The third-order valence-corrected chi connectivity index (χ3v) is 9.36. The number of aliphatic hydroxyl groups is 1. The number of alkyl halides is 3. The number of nitro benzene ring substituents is 1. The highest BCUT2D eigenvalue weighted by molar-refractivity contribution is 5.98. The van der Waals surface area contributed by atoms with Gasteiger partial charge < -0.3 is 29.7 Å². The first kappa shape index (κ1) is 35.3. The molecule has 3 aromatic rings. The number of piperazine rings is 1. The van der Waals surface area contributed by atoms with Gasteiger partial charge in [0.1, 0.15) is 6.04 Å². The molecule has 0 saturated carbocycles. The largest absolute Gasteiger partial charge is 0.471 e. The van der Waals surface area contributed by atoms with Crippen molar-refractivity contribution in [3.8, 4) is 0 Å². The number of carbonyl (C=O) groups excluding carboxylic acids is 2. The summed E-state index contributed by atoms with van der Waals surface area (Å²) in [5, 5.41) is 23.2. The van der Waals surface area contributed by atoms with E-state index in [0.29, 0.717) is 29.1 Å². The number of hydrogen-bond donors (Lipinski definition) is 2. The van der Waals surface area contributed by atoms with E-state index >= 15 is 0 Å². The second-order valence-electron chi connectivity index (χ2n) is 12.7. The van der Waals surface area contributed by atoms with Gasteiger partial charge in [-0.2, -0.15) is 13.2 Å². The molecule has 0 bridgehead atoms. The first-order valence-electron chi connectivity index (χ1n) is 16.5. The number of ether oxygens (including phenoxy) is 2. The quantitative estimate of drug-likeness (QED) is 0.235. The molecule has 266 valence electrons. The number of aliphatic hydroxyl groups excluding tert-OH is 1. The summed E-state index contributed by atoms with van der Waals surface area (Å²) in [5.74, 6) is -2.72. The van der Waals surface area contributed by atoms with Gasteiger partial charge in [-0.1, -0.05) is 36.4 Å². The van der Waals surface area contributed by atoms with E-state index in [0.717, 1.165) is 43.0 Å². The summed E-state index contributed by atoms with van der Waals surface area (Å²) < 4.78 is 52.3. The smallest absolute Gasteiger partial charge is 0.392 e. The molecule has 0 aromatic heterocycles. The third kappa shape index (κ3) is 8.24. The molecule has 0 aliphatic carbocycles. The van der Waals surface area contributed by atoms with Crippen LogP contribution in [0.2, 0.25) is 0 Å². The van der Waals surface area contributed by atoms with Crippen LogP contribution >= 0.6 is 0 Å². The fraction of sp³-hybridized carbons (Fsp3) is 0.429. The molecule has 3 aliphatic heterocycles. The maximum atomic E-state index is 13.1. The van der Waals surface area contributed by atoms with E-state index in [2.05, 4.69) is 15.1 Å². The predicted octanol–water partition coefficient (Wildman–Crippen LogP) is 4.95. The summed E-state index contributed by atoms with van der Waals surface area (Å²) in [6.45, 7) is 3.32. The van der Waals surface area contributed by atoms with Crippen molar-refractivity contribution in [1.82, 2.24) is 9.80 Å². The number of nitrogens with one attached hydrogen (secondary N) is 1. The zero-order valence-electron chi connectivity index (χ0n) is 27.1. The maximum absolute atomic E-state index is 13.1. The lowest BCUT2D eigenvalue weighted by atomic mass is 9.99. The van der Waals surface area contributed by atoms with Crippen molar-refractivity contribution in [2.45, 2.75) is 56.6 Å². The van der Waals surface area contributed by atoms with Crippen LogP contribution in [0, 0.1) is 10.1 Å². The highest BCUT2D eigenvalue weighted by Gasteiger charge is 2.47. The van der Waals surface area contributed by atoms with Crippen molar-refractivity contribution in [3.63, 3.8) is 0 Å². The Balaban J connectivity index is 1.14. The van der Waals surface area contributed by atoms with Crippen molar-refractivity contribution in [1.29, 1.82) is 0 Å². The zero-order chi connectivity index (χ0) is 35.4. The average molecular weight is 698 g/mol. The number of amides is 2. The monoisotopic (exact) mass is 697 g/mol. The van der Waals surface area contributed by atoms with Gasteiger partial charge in [-0.25, -0.2) is 0 Å². The van der Waals surface area contributed by atoms with Crippen LogP contribution in [0.15, 0.2) is 72.8 Å². The summed E-state index contributed by atoms with van der Waals surface area (Å²) in [4.78, 5) is 40.7. The van der Waals surface area contributed by atoms with Crippen LogP contribution in [0.25, 0.3) is 0 Å². The second kappa shape index (κ2) is 15.1. The van der Waals surface area contributed by atoms with Crippen LogP contribution in [0.1, 0.15) is 48.3 Å². The predicted molar refractivity (Wildman–Crippen MR) is 176 cm³/mol. The van der Waals surface area contributed by atoms with Crippen LogP contribution in [0.5, 0.6) is 0 Å². The number of carbonyl (C=O) groups is 2. The van der Waals surface area contributed by atoms with E-state index in [1.54, 1.807) is 36.4 Å². The van der Waals surface area contributed by atoms with Crippen LogP contribution in [0.3, 0.4) is 0 Å². The lowest BCUT2D eigenvalue weighted by Gasteiger charge is -2.41. The molecule has 0 unspecified atom stereocenters. The van der Waals surface area contributed by atoms with Crippen LogP contribution in [-0.4, -0.2) is 89.2 Å².